The lowest BCUT2D eigenvalue weighted by Crippen LogP contribution is -2.44. The van der Waals surface area contributed by atoms with Crippen LogP contribution in [0.25, 0.3) is 0 Å². The monoisotopic (exact) mass is 386 g/mol. The van der Waals surface area contributed by atoms with E-state index in [1.807, 2.05) is 41.3 Å². The zero-order valence-corrected chi connectivity index (χ0v) is 15.7. The summed E-state index contributed by atoms with van der Waals surface area (Å²) in [6, 6.07) is 12.6. The number of benzene rings is 1. The fraction of sp³-hybridized carbons (Fsp3) is 0.158. The van der Waals surface area contributed by atoms with Crippen LogP contribution in [0.3, 0.4) is 0 Å². The van der Waals surface area contributed by atoms with Gasteiger partial charge < -0.3 is 15.7 Å². The van der Waals surface area contributed by atoms with Crippen molar-refractivity contribution in [3.63, 3.8) is 0 Å². The molecular formula is C19H18N2O3S2. The number of rotatable bonds is 5. The topological polar surface area (TPSA) is 78.4 Å². The van der Waals surface area contributed by atoms with Gasteiger partial charge in [-0.15, -0.1) is 11.3 Å². The van der Waals surface area contributed by atoms with E-state index < -0.39 is 17.4 Å². The van der Waals surface area contributed by atoms with Crippen LogP contribution in [0.1, 0.15) is 16.0 Å². The van der Waals surface area contributed by atoms with E-state index in [1.54, 1.807) is 24.3 Å². The molecule has 0 unspecified atom stereocenters. The van der Waals surface area contributed by atoms with Gasteiger partial charge in [0.15, 0.2) is 0 Å². The van der Waals surface area contributed by atoms with Crippen LogP contribution in [0.4, 0.5) is 5.69 Å². The lowest BCUT2D eigenvalue weighted by atomic mass is 9.94. The van der Waals surface area contributed by atoms with Crippen molar-refractivity contribution in [2.45, 2.75) is 12.5 Å². The third-order valence-electron chi connectivity index (χ3n) is 3.91. The smallest absolute Gasteiger partial charge is 0.313 e. The minimum atomic E-state index is -1.37. The van der Waals surface area contributed by atoms with Gasteiger partial charge in [-0.25, -0.2) is 0 Å². The first-order chi connectivity index (χ1) is 12.5. The van der Waals surface area contributed by atoms with Gasteiger partial charge in [0.2, 0.25) is 0 Å². The highest BCUT2D eigenvalue weighted by atomic mass is 32.1. The average molecular weight is 386 g/mol. The first kappa shape index (κ1) is 18.3. The average Bonchev–Trinajstić information content (AvgIpc) is 3.33. The number of thiophene rings is 2. The molecule has 1 aromatic carbocycles. The Morgan fingerprint density at radius 3 is 2.62 bits per heavy atom. The minimum absolute atomic E-state index is 0.0929. The van der Waals surface area contributed by atoms with E-state index in [0.29, 0.717) is 16.1 Å². The maximum absolute atomic E-state index is 12.2. The van der Waals surface area contributed by atoms with Crippen molar-refractivity contribution < 1.29 is 14.7 Å². The van der Waals surface area contributed by atoms with E-state index >= 15 is 0 Å². The molecule has 0 bridgehead atoms. The quantitative estimate of drug-likeness (QED) is 0.590. The van der Waals surface area contributed by atoms with Gasteiger partial charge in [0.1, 0.15) is 5.60 Å². The van der Waals surface area contributed by atoms with Gasteiger partial charge >= 0.3 is 11.8 Å². The molecule has 0 aliphatic carbocycles. The molecule has 0 saturated carbocycles. The summed E-state index contributed by atoms with van der Waals surface area (Å²) in [6.07, 6.45) is 0. The molecule has 3 N–H and O–H groups in total. The SMILES string of the molecule is Cc1cccc(NC(=O)C(=O)NC[C@](O)(c2ccsc2)c2cccs2)c1. The third-order valence-corrected chi connectivity index (χ3v) is 5.62. The highest BCUT2D eigenvalue weighted by Gasteiger charge is 2.34. The summed E-state index contributed by atoms with van der Waals surface area (Å²) in [6.45, 7) is 1.81. The zero-order valence-electron chi connectivity index (χ0n) is 14.1. The highest BCUT2D eigenvalue weighted by molar-refractivity contribution is 7.10. The summed E-state index contributed by atoms with van der Waals surface area (Å²) in [5, 5.41) is 21.8. The van der Waals surface area contributed by atoms with Crippen LogP contribution in [-0.2, 0) is 15.2 Å². The molecule has 26 heavy (non-hydrogen) atoms. The Morgan fingerprint density at radius 2 is 1.96 bits per heavy atom. The van der Waals surface area contributed by atoms with E-state index in [4.69, 9.17) is 0 Å². The molecular weight excluding hydrogens is 368 g/mol. The lowest BCUT2D eigenvalue weighted by Gasteiger charge is -2.26. The van der Waals surface area contributed by atoms with E-state index in [9.17, 15) is 14.7 Å². The molecule has 0 aliphatic rings. The summed E-state index contributed by atoms with van der Waals surface area (Å²) in [5.74, 6) is -1.56. The highest BCUT2D eigenvalue weighted by Crippen LogP contribution is 2.33. The van der Waals surface area contributed by atoms with Gasteiger partial charge in [-0.3, -0.25) is 9.59 Å². The molecule has 1 atom stereocenters. The number of carbonyl (C=O) groups excluding carboxylic acids is 2. The van der Waals surface area contributed by atoms with Crippen molar-refractivity contribution in [3.8, 4) is 0 Å². The first-order valence-corrected chi connectivity index (χ1v) is 9.76. The summed E-state index contributed by atoms with van der Waals surface area (Å²) in [5.41, 5.74) is 0.849. The molecule has 5 nitrogen and oxygen atoms in total. The fourth-order valence-electron chi connectivity index (χ4n) is 2.54. The fourth-order valence-corrected chi connectivity index (χ4v) is 4.11. The van der Waals surface area contributed by atoms with E-state index in [1.165, 1.54) is 22.7 Å². The third kappa shape index (κ3) is 4.01. The minimum Gasteiger partial charge on any atom is -0.378 e. The van der Waals surface area contributed by atoms with Gasteiger partial charge in [0.05, 0.1) is 6.54 Å². The van der Waals surface area contributed by atoms with Crippen LogP contribution in [0, 0.1) is 6.92 Å². The molecule has 2 amide bonds. The van der Waals surface area contributed by atoms with Crippen molar-refractivity contribution in [2.24, 2.45) is 0 Å². The molecule has 3 rings (SSSR count). The Hall–Kier alpha value is -2.48. The zero-order chi connectivity index (χ0) is 18.6. The molecule has 0 fully saturated rings. The van der Waals surface area contributed by atoms with Crippen LogP contribution >= 0.6 is 22.7 Å². The Labute approximate surface area is 159 Å². The van der Waals surface area contributed by atoms with Gasteiger partial charge in [-0.1, -0.05) is 18.2 Å². The predicted molar refractivity (Wildman–Crippen MR) is 104 cm³/mol. The molecule has 0 spiro atoms. The summed E-state index contributed by atoms with van der Waals surface area (Å²) < 4.78 is 0. The number of hydrogen-bond donors (Lipinski definition) is 3. The molecule has 0 saturated heterocycles. The van der Waals surface area contributed by atoms with Crippen LogP contribution in [0.5, 0.6) is 0 Å². The number of hydrogen-bond acceptors (Lipinski definition) is 5. The van der Waals surface area contributed by atoms with Gasteiger partial charge in [0.25, 0.3) is 0 Å². The van der Waals surface area contributed by atoms with Gasteiger partial charge in [0, 0.05) is 16.1 Å². The van der Waals surface area contributed by atoms with E-state index in [-0.39, 0.29) is 6.54 Å². The summed E-state index contributed by atoms with van der Waals surface area (Å²) in [7, 11) is 0. The first-order valence-electron chi connectivity index (χ1n) is 7.94. The van der Waals surface area contributed by atoms with E-state index in [2.05, 4.69) is 10.6 Å². The molecule has 2 heterocycles. The van der Waals surface area contributed by atoms with E-state index in [0.717, 1.165) is 5.56 Å². The number of aliphatic hydroxyl groups is 1. The summed E-state index contributed by atoms with van der Waals surface area (Å²) in [4.78, 5) is 25.0. The normalized spacial score (nSPS) is 13.0. The number of aryl methyl sites for hydroxylation is 1. The standard InChI is InChI=1S/C19H18N2O3S2/c1-13-4-2-5-15(10-13)21-18(23)17(22)20-12-19(24,14-7-9-25-11-14)16-6-3-8-26-16/h2-11,24H,12H2,1H3,(H,20,22)(H,21,23)/t19-/m0/s1. The Morgan fingerprint density at radius 1 is 1.12 bits per heavy atom. The Balaban J connectivity index is 1.69. The number of amides is 2. The van der Waals surface area contributed by atoms with Crippen molar-refractivity contribution in [3.05, 3.63) is 74.6 Å². The predicted octanol–water partition coefficient (Wildman–Crippen LogP) is 3.11. The molecule has 7 heteroatoms. The maximum atomic E-state index is 12.2. The second kappa shape index (κ2) is 7.82. The van der Waals surface area contributed by atoms with Crippen molar-refractivity contribution in [2.75, 3.05) is 11.9 Å². The second-order valence-corrected chi connectivity index (χ2v) is 7.58. The van der Waals surface area contributed by atoms with Crippen LogP contribution in [0.2, 0.25) is 0 Å². The molecule has 134 valence electrons. The molecule has 2 aromatic heterocycles. The molecule has 0 aliphatic heterocycles. The molecule has 0 radical (unpaired) electrons. The second-order valence-electron chi connectivity index (χ2n) is 5.86. The van der Waals surface area contributed by atoms with Gasteiger partial charge in [-0.05, 0) is 52.9 Å². The van der Waals surface area contributed by atoms with Crippen LogP contribution < -0.4 is 10.6 Å². The Bertz CT molecular complexity index is 855. The van der Waals surface area contributed by atoms with Crippen LogP contribution in [-0.4, -0.2) is 23.5 Å². The number of carbonyl (C=O) groups is 2. The van der Waals surface area contributed by atoms with Crippen molar-refractivity contribution >= 4 is 40.2 Å². The largest absolute Gasteiger partial charge is 0.378 e. The maximum Gasteiger partial charge on any atom is 0.313 e. The van der Waals surface area contributed by atoms with Gasteiger partial charge in [-0.2, -0.15) is 11.3 Å². The Kier molecular flexibility index (Phi) is 5.51. The van der Waals surface area contributed by atoms with Crippen LogP contribution in [0.15, 0.2) is 58.6 Å². The lowest BCUT2D eigenvalue weighted by molar-refractivity contribution is -0.136. The van der Waals surface area contributed by atoms with Crippen molar-refractivity contribution in [1.82, 2.24) is 5.32 Å². The number of nitrogens with one attached hydrogen (secondary N) is 2. The molecule has 3 aromatic rings. The van der Waals surface area contributed by atoms with Crippen molar-refractivity contribution in [1.29, 1.82) is 0 Å². The summed E-state index contributed by atoms with van der Waals surface area (Å²) >= 11 is 2.86. The number of anilines is 1.